The Morgan fingerprint density at radius 2 is 2.11 bits per heavy atom. The van der Waals surface area contributed by atoms with Crippen molar-refractivity contribution in [3.8, 4) is 23.1 Å². The maximum atomic E-state index is 9.57. The number of hydrogen-bond donors (Lipinski definition) is 1. The Labute approximate surface area is 164 Å². The molecule has 1 aromatic heterocycles. The van der Waals surface area contributed by atoms with Gasteiger partial charge in [0, 0.05) is 30.3 Å². The van der Waals surface area contributed by atoms with E-state index in [1.807, 2.05) is 36.4 Å². The van der Waals surface area contributed by atoms with Crippen LogP contribution in [0.3, 0.4) is 0 Å². The van der Waals surface area contributed by atoms with Crippen LogP contribution in [0.1, 0.15) is 24.8 Å². The number of nitrogens with one attached hydrogen (secondary N) is 1. The smallest absolute Gasteiger partial charge is 0.227 e. The van der Waals surface area contributed by atoms with Gasteiger partial charge in [0.1, 0.15) is 17.9 Å². The van der Waals surface area contributed by atoms with Gasteiger partial charge < -0.3 is 14.8 Å². The van der Waals surface area contributed by atoms with Crippen LogP contribution in [0.2, 0.25) is 0 Å². The van der Waals surface area contributed by atoms with Crippen molar-refractivity contribution in [3.63, 3.8) is 0 Å². The van der Waals surface area contributed by atoms with Crippen molar-refractivity contribution in [2.45, 2.75) is 25.4 Å². The fraction of sp³-hybridized carbons (Fsp3) is 0.273. The Hall–Kier alpha value is -3.17. The highest BCUT2D eigenvalue weighted by molar-refractivity contribution is 5.65. The number of nitriles is 1. The van der Waals surface area contributed by atoms with Gasteiger partial charge in [0.15, 0.2) is 0 Å². The average molecular weight is 373 g/mol. The summed E-state index contributed by atoms with van der Waals surface area (Å²) in [7, 11) is 0. The molecule has 0 amide bonds. The molecule has 0 atom stereocenters. The van der Waals surface area contributed by atoms with Crippen molar-refractivity contribution in [2.75, 3.05) is 18.5 Å². The molecule has 6 heteroatoms. The van der Waals surface area contributed by atoms with Crippen LogP contribution in [0.25, 0.3) is 11.3 Å². The van der Waals surface area contributed by atoms with Crippen LogP contribution < -0.4 is 10.1 Å². The van der Waals surface area contributed by atoms with Gasteiger partial charge in [-0.05, 0) is 43.2 Å². The van der Waals surface area contributed by atoms with E-state index in [1.165, 1.54) is 0 Å². The van der Waals surface area contributed by atoms with Gasteiger partial charge in [-0.15, -0.1) is 0 Å². The molecule has 0 saturated carbocycles. The topological polar surface area (TPSA) is 80.1 Å². The molecule has 2 aliphatic rings. The molecule has 1 fully saturated rings. The number of anilines is 1. The molecule has 2 aromatic rings. The summed E-state index contributed by atoms with van der Waals surface area (Å²) in [6, 6.07) is 9.66. The van der Waals surface area contributed by atoms with E-state index in [0.717, 1.165) is 36.2 Å². The lowest BCUT2D eigenvalue weighted by Gasteiger charge is -2.23. The molecule has 2 heterocycles. The van der Waals surface area contributed by atoms with Crippen LogP contribution in [-0.2, 0) is 4.74 Å². The second kappa shape index (κ2) is 8.68. The highest BCUT2D eigenvalue weighted by Crippen LogP contribution is 2.28. The average Bonchev–Trinajstić information content (AvgIpc) is 2.76. The van der Waals surface area contributed by atoms with E-state index in [0.29, 0.717) is 30.5 Å². The molecule has 1 N–H and O–H groups in total. The third-order valence-corrected chi connectivity index (χ3v) is 4.64. The highest BCUT2D eigenvalue weighted by atomic mass is 16.5. The molecule has 4 rings (SSSR count). The number of allylic oxidation sites excluding steroid dienone is 3. The first-order valence-corrected chi connectivity index (χ1v) is 9.41. The number of nitrogens with zero attached hydrogens (tertiary/aromatic N) is 3. The SMILES string of the molecule is N#Cc1cc(-c2ccnc(NC3=C[CH]CC=C3)n2)ccc1OC1CCOCC1. The summed E-state index contributed by atoms with van der Waals surface area (Å²) in [5.74, 6) is 1.13. The summed E-state index contributed by atoms with van der Waals surface area (Å²) >= 11 is 0. The second-order valence-electron chi connectivity index (χ2n) is 6.64. The van der Waals surface area contributed by atoms with Gasteiger partial charge in [-0.25, -0.2) is 9.97 Å². The van der Waals surface area contributed by atoms with Crippen LogP contribution in [0.5, 0.6) is 5.75 Å². The van der Waals surface area contributed by atoms with Crippen LogP contribution >= 0.6 is 0 Å². The number of hydrogen-bond acceptors (Lipinski definition) is 6. The van der Waals surface area contributed by atoms with Crippen LogP contribution in [0.4, 0.5) is 5.95 Å². The maximum Gasteiger partial charge on any atom is 0.227 e. The van der Waals surface area contributed by atoms with Crippen LogP contribution in [0, 0.1) is 17.8 Å². The Balaban J connectivity index is 1.54. The Kier molecular flexibility index (Phi) is 5.64. The molecular weight excluding hydrogens is 352 g/mol. The Morgan fingerprint density at radius 3 is 2.89 bits per heavy atom. The van der Waals surface area contributed by atoms with E-state index in [4.69, 9.17) is 9.47 Å². The lowest BCUT2D eigenvalue weighted by Crippen LogP contribution is -2.26. The molecule has 0 bridgehead atoms. The lowest BCUT2D eigenvalue weighted by atomic mass is 10.1. The minimum atomic E-state index is 0.0928. The molecule has 1 saturated heterocycles. The zero-order valence-electron chi connectivity index (χ0n) is 15.5. The van der Waals surface area contributed by atoms with Gasteiger partial charge >= 0.3 is 0 Å². The number of ether oxygens (including phenoxy) is 2. The number of aromatic nitrogens is 2. The predicted molar refractivity (Wildman–Crippen MR) is 106 cm³/mol. The van der Waals surface area contributed by atoms with Crippen LogP contribution in [-0.4, -0.2) is 29.3 Å². The molecule has 141 valence electrons. The van der Waals surface area contributed by atoms with E-state index in [1.54, 1.807) is 6.20 Å². The summed E-state index contributed by atoms with van der Waals surface area (Å²) in [6.07, 6.45) is 12.6. The van der Waals surface area contributed by atoms with Gasteiger partial charge in [-0.1, -0.05) is 12.2 Å². The van der Waals surface area contributed by atoms with Crippen molar-refractivity contribution in [1.29, 1.82) is 5.26 Å². The van der Waals surface area contributed by atoms with Gasteiger partial charge in [0.2, 0.25) is 5.95 Å². The maximum absolute atomic E-state index is 9.57. The van der Waals surface area contributed by atoms with Crippen molar-refractivity contribution in [1.82, 2.24) is 9.97 Å². The monoisotopic (exact) mass is 373 g/mol. The summed E-state index contributed by atoms with van der Waals surface area (Å²) in [5.41, 5.74) is 3.04. The fourth-order valence-electron chi connectivity index (χ4n) is 3.17. The van der Waals surface area contributed by atoms with E-state index >= 15 is 0 Å². The summed E-state index contributed by atoms with van der Waals surface area (Å²) in [6.45, 7) is 1.40. The Morgan fingerprint density at radius 1 is 1.21 bits per heavy atom. The summed E-state index contributed by atoms with van der Waals surface area (Å²) in [4.78, 5) is 8.86. The lowest BCUT2D eigenvalue weighted by molar-refractivity contribution is 0.0254. The third-order valence-electron chi connectivity index (χ3n) is 4.64. The largest absolute Gasteiger partial charge is 0.489 e. The Bertz CT molecular complexity index is 940. The van der Waals surface area contributed by atoms with Gasteiger partial charge in [-0.2, -0.15) is 5.26 Å². The van der Waals surface area contributed by atoms with E-state index in [2.05, 4.69) is 33.9 Å². The van der Waals surface area contributed by atoms with Crippen LogP contribution in [0.15, 0.2) is 54.4 Å². The molecule has 0 unspecified atom stereocenters. The van der Waals surface area contributed by atoms with Gasteiger partial charge in [0.25, 0.3) is 0 Å². The molecule has 1 aliphatic heterocycles. The normalized spacial score (nSPS) is 16.9. The summed E-state index contributed by atoms with van der Waals surface area (Å²) in [5, 5.41) is 12.8. The molecule has 1 aromatic carbocycles. The second-order valence-corrected chi connectivity index (χ2v) is 6.64. The molecule has 1 radical (unpaired) electrons. The zero-order valence-corrected chi connectivity index (χ0v) is 15.5. The minimum Gasteiger partial charge on any atom is -0.489 e. The highest BCUT2D eigenvalue weighted by Gasteiger charge is 2.17. The standard InChI is InChI=1S/C22H21N4O2/c23-15-17-14-16(6-7-21(17)28-19-9-12-27-13-10-19)20-8-11-24-22(26-20)25-18-4-2-1-3-5-18/h2-8,11,14,19H,1,9-10,12-13H2,(H,24,25,26). The van der Waals surface area contributed by atoms with Crippen molar-refractivity contribution >= 4 is 5.95 Å². The van der Waals surface area contributed by atoms with Gasteiger partial charge in [-0.3, -0.25) is 0 Å². The third kappa shape index (κ3) is 4.38. The molecule has 1 aliphatic carbocycles. The first kappa shape index (κ1) is 18.2. The molecule has 0 spiro atoms. The first-order valence-electron chi connectivity index (χ1n) is 9.41. The fourth-order valence-corrected chi connectivity index (χ4v) is 3.17. The van der Waals surface area contributed by atoms with E-state index in [9.17, 15) is 5.26 Å². The molecule has 28 heavy (non-hydrogen) atoms. The van der Waals surface area contributed by atoms with Crippen molar-refractivity contribution in [3.05, 3.63) is 66.4 Å². The first-order chi connectivity index (χ1) is 13.8. The number of benzene rings is 1. The quantitative estimate of drug-likeness (QED) is 0.852. The minimum absolute atomic E-state index is 0.0928. The predicted octanol–water partition coefficient (Wildman–Crippen LogP) is 4.03. The molecule has 6 nitrogen and oxygen atoms in total. The van der Waals surface area contributed by atoms with E-state index < -0.39 is 0 Å². The summed E-state index contributed by atoms with van der Waals surface area (Å²) < 4.78 is 11.4. The van der Waals surface area contributed by atoms with Gasteiger partial charge in [0.05, 0.1) is 24.5 Å². The number of rotatable bonds is 5. The van der Waals surface area contributed by atoms with Crippen molar-refractivity contribution in [2.24, 2.45) is 0 Å². The van der Waals surface area contributed by atoms with Crippen molar-refractivity contribution < 1.29 is 9.47 Å². The molecular formula is C22H21N4O2. The zero-order chi connectivity index (χ0) is 19.2. The van der Waals surface area contributed by atoms with E-state index in [-0.39, 0.29) is 6.10 Å².